The summed E-state index contributed by atoms with van der Waals surface area (Å²) in [5, 5.41) is 10.5. The first kappa shape index (κ1) is 24.5. The Hall–Kier alpha value is -4.24. The number of hydrogen-bond acceptors (Lipinski definition) is 8. The smallest absolute Gasteiger partial charge is 0.383 e. The number of amides is 1. The molecule has 4 aromatic rings. The summed E-state index contributed by atoms with van der Waals surface area (Å²) in [5.41, 5.74) is 4.66. The van der Waals surface area contributed by atoms with Crippen LogP contribution in [0, 0.1) is 12.7 Å². The molecular weight excluding hydrogens is 510 g/mol. The first-order valence-electron chi connectivity index (χ1n) is 10.6. The largest absolute Gasteiger partial charge is 0.453 e. The van der Waals surface area contributed by atoms with E-state index in [1.807, 2.05) is 0 Å². The molecule has 37 heavy (non-hydrogen) atoms. The van der Waals surface area contributed by atoms with Crippen molar-refractivity contribution in [2.75, 3.05) is 11.1 Å². The van der Waals surface area contributed by atoms with Crippen molar-refractivity contribution in [3.8, 4) is 11.5 Å². The molecule has 0 bridgehead atoms. The van der Waals surface area contributed by atoms with Crippen molar-refractivity contribution in [1.82, 2.24) is 29.9 Å². The second kappa shape index (κ2) is 7.88. The lowest BCUT2D eigenvalue weighted by atomic mass is 9.84. The van der Waals surface area contributed by atoms with Crippen LogP contribution in [0.1, 0.15) is 30.6 Å². The molecule has 3 N–H and O–H groups in total. The summed E-state index contributed by atoms with van der Waals surface area (Å²) in [7, 11) is 0. The summed E-state index contributed by atoms with van der Waals surface area (Å²) in [5.74, 6) is -6.50. The zero-order chi connectivity index (χ0) is 26.9. The van der Waals surface area contributed by atoms with Gasteiger partial charge in [-0.05, 0) is 32.0 Å². The molecule has 4 heterocycles. The summed E-state index contributed by atoms with van der Waals surface area (Å²) < 4.78 is 85.0. The van der Waals surface area contributed by atoms with Crippen LogP contribution in [0.25, 0.3) is 22.4 Å². The van der Waals surface area contributed by atoms with Crippen molar-refractivity contribution in [1.29, 1.82) is 0 Å². The van der Waals surface area contributed by atoms with Crippen molar-refractivity contribution in [2.24, 2.45) is 0 Å². The van der Waals surface area contributed by atoms with Gasteiger partial charge >= 0.3 is 12.1 Å². The maximum atomic E-state index is 13.9. The molecule has 1 atom stereocenters. The van der Waals surface area contributed by atoms with Crippen LogP contribution >= 0.6 is 0 Å². The van der Waals surface area contributed by atoms with E-state index in [1.54, 1.807) is 6.92 Å². The van der Waals surface area contributed by atoms with Crippen molar-refractivity contribution in [2.45, 2.75) is 44.3 Å². The van der Waals surface area contributed by atoms with Crippen LogP contribution in [-0.2, 0) is 16.8 Å². The number of hydrogen-bond donors (Lipinski definition) is 2. The first-order chi connectivity index (χ1) is 17.2. The number of nitrogens with two attached hydrogens (primary N) is 1. The van der Waals surface area contributed by atoms with Crippen LogP contribution in [0.15, 0.2) is 22.7 Å². The Morgan fingerprint density at radius 2 is 1.89 bits per heavy atom. The molecule has 3 aromatic heterocycles. The molecule has 0 spiro atoms. The molecule has 1 unspecified atom stereocenters. The molecule has 1 aromatic carbocycles. The molecule has 0 radical (unpaired) electrons. The summed E-state index contributed by atoms with van der Waals surface area (Å²) in [4.78, 5) is 25.5. The highest BCUT2D eigenvalue weighted by atomic mass is 19.4. The lowest BCUT2D eigenvalue weighted by molar-refractivity contribution is -0.285. The highest BCUT2D eigenvalue weighted by molar-refractivity contribution is 6.08. The van der Waals surface area contributed by atoms with E-state index in [9.17, 15) is 31.1 Å². The zero-order valence-corrected chi connectivity index (χ0v) is 19.0. The number of halogens is 6. The minimum Gasteiger partial charge on any atom is -0.383 e. The summed E-state index contributed by atoms with van der Waals surface area (Å²) >= 11 is 0. The molecule has 1 amide bonds. The monoisotopic (exact) mass is 526 g/mol. The molecule has 0 saturated carbocycles. The molecule has 194 valence electrons. The van der Waals surface area contributed by atoms with E-state index < -0.39 is 42.2 Å². The molecule has 1 aliphatic heterocycles. The Morgan fingerprint density at radius 3 is 2.54 bits per heavy atom. The number of aryl methyl sites for hydroxylation is 2. The average Bonchev–Trinajstić information content (AvgIpc) is 3.46. The molecule has 5 rings (SSSR count). The third-order valence-electron chi connectivity index (χ3n) is 6.06. The van der Waals surface area contributed by atoms with Gasteiger partial charge in [0.25, 0.3) is 0 Å². The highest BCUT2D eigenvalue weighted by Gasteiger charge is 2.57. The van der Waals surface area contributed by atoms with Crippen LogP contribution < -0.4 is 11.1 Å². The van der Waals surface area contributed by atoms with Gasteiger partial charge in [0.15, 0.2) is 17.1 Å². The Balaban J connectivity index is 1.60. The van der Waals surface area contributed by atoms with Crippen LogP contribution in [0.2, 0.25) is 0 Å². The zero-order valence-electron chi connectivity index (χ0n) is 19.0. The number of nitrogens with zero attached hydrogens (tertiary/aromatic N) is 6. The number of carbonyl (C=O) groups excluding carboxylic acids is 1. The number of fused-ring (bicyclic) bond motifs is 2. The van der Waals surface area contributed by atoms with Crippen molar-refractivity contribution >= 4 is 28.4 Å². The number of anilines is 2. The van der Waals surface area contributed by atoms with E-state index in [2.05, 4.69) is 30.5 Å². The fourth-order valence-corrected chi connectivity index (χ4v) is 4.09. The van der Waals surface area contributed by atoms with E-state index in [4.69, 9.17) is 10.3 Å². The number of nitrogen functional groups attached to an aromatic ring is 1. The normalized spacial score (nSPS) is 17.9. The summed E-state index contributed by atoms with van der Waals surface area (Å²) in [6, 6.07) is 3.24. The van der Waals surface area contributed by atoms with Gasteiger partial charge < -0.3 is 15.6 Å². The number of alkyl halides is 5. The minimum atomic E-state index is -5.76. The predicted octanol–water partition coefficient (Wildman–Crippen LogP) is 3.75. The quantitative estimate of drug-likeness (QED) is 0.375. The van der Waals surface area contributed by atoms with Crippen molar-refractivity contribution in [3.63, 3.8) is 0 Å². The van der Waals surface area contributed by atoms with E-state index >= 15 is 0 Å². The van der Waals surface area contributed by atoms with Gasteiger partial charge in [-0.25, -0.2) is 14.4 Å². The molecule has 16 heteroatoms. The van der Waals surface area contributed by atoms with E-state index in [0.29, 0.717) is 0 Å². The summed E-state index contributed by atoms with van der Waals surface area (Å²) in [6.07, 6.45) is -7.39. The van der Waals surface area contributed by atoms with Crippen molar-refractivity contribution in [3.05, 3.63) is 41.3 Å². The Kier molecular flexibility index (Phi) is 5.21. The average molecular weight is 526 g/mol. The van der Waals surface area contributed by atoms with Crippen LogP contribution in [0.3, 0.4) is 0 Å². The Bertz CT molecular complexity index is 1560. The van der Waals surface area contributed by atoms with E-state index in [-0.39, 0.29) is 51.3 Å². The maximum Gasteiger partial charge on any atom is 0.453 e. The number of carbonyl (C=O) groups is 1. The second-order valence-corrected chi connectivity index (χ2v) is 8.57. The number of rotatable bonds is 5. The SMILES string of the molecule is Cc1noc(C2(C)C(=O)Nc3nc(-c4nn(CCC(F)(F)C(F)(F)F)c5cc(F)ccc45)nc(N)c32)n1. The van der Waals surface area contributed by atoms with Gasteiger partial charge in [-0.1, -0.05) is 5.16 Å². The van der Waals surface area contributed by atoms with Gasteiger partial charge in [-0.15, -0.1) is 0 Å². The van der Waals surface area contributed by atoms with E-state index in [1.165, 1.54) is 13.0 Å². The van der Waals surface area contributed by atoms with Crippen LogP contribution in [0.4, 0.5) is 38.0 Å². The molecule has 0 fully saturated rings. The molecule has 10 nitrogen and oxygen atoms in total. The molecule has 0 saturated heterocycles. The Morgan fingerprint density at radius 1 is 1.16 bits per heavy atom. The molecule has 0 aliphatic carbocycles. The number of aromatic nitrogens is 6. The predicted molar refractivity (Wildman–Crippen MR) is 115 cm³/mol. The third-order valence-corrected chi connectivity index (χ3v) is 6.06. The minimum absolute atomic E-state index is 0.0146. The Labute approximate surface area is 202 Å². The number of nitrogens with one attached hydrogen (secondary N) is 1. The van der Waals surface area contributed by atoms with Gasteiger partial charge in [0, 0.05) is 18.4 Å². The third kappa shape index (κ3) is 3.74. The van der Waals surface area contributed by atoms with Crippen LogP contribution in [-0.4, -0.2) is 47.9 Å². The van der Waals surface area contributed by atoms with Gasteiger partial charge in [0.2, 0.25) is 11.8 Å². The topological polar surface area (TPSA) is 138 Å². The van der Waals surface area contributed by atoms with Gasteiger partial charge in [0.05, 0.1) is 11.1 Å². The lowest BCUT2D eigenvalue weighted by Crippen LogP contribution is -2.37. The maximum absolute atomic E-state index is 13.9. The standard InChI is InChI=1S/C21H16F6N8O2/c1-8-29-18(37-34-8)19(2)12-14(28)30-16(31-15(12)32-17(19)36)13-10-4-3-9(22)7-11(10)35(33-13)6-5-20(23,24)21(25,26)27/h3-4,7H,5-6H2,1-2H3,(H3,28,30,31,32,36). The lowest BCUT2D eigenvalue weighted by Gasteiger charge is -2.19. The van der Waals surface area contributed by atoms with Gasteiger partial charge in [0.1, 0.15) is 23.1 Å². The van der Waals surface area contributed by atoms with Gasteiger partial charge in [-0.3, -0.25) is 9.48 Å². The van der Waals surface area contributed by atoms with Crippen LogP contribution in [0.5, 0.6) is 0 Å². The van der Waals surface area contributed by atoms with Crippen molar-refractivity contribution < 1.29 is 35.7 Å². The second-order valence-electron chi connectivity index (χ2n) is 8.57. The van der Waals surface area contributed by atoms with Gasteiger partial charge in [-0.2, -0.15) is 32.0 Å². The van der Waals surface area contributed by atoms with E-state index in [0.717, 1.165) is 16.8 Å². The fraction of sp³-hybridized carbons (Fsp3) is 0.333. The summed E-state index contributed by atoms with van der Waals surface area (Å²) in [6.45, 7) is 2.15. The molecule has 1 aliphatic rings. The molecular formula is C21H16F6N8O2. The first-order valence-corrected chi connectivity index (χ1v) is 10.6. The highest BCUT2D eigenvalue weighted by Crippen LogP contribution is 2.45. The fourth-order valence-electron chi connectivity index (χ4n) is 4.09. The number of benzene rings is 1.